The molecule has 2 rings (SSSR count). The molecule has 0 radical (unpaired) electrons. The second-order valence-corrected chi connectivity index (χ2v) is 5.35. The highest BCUT2D eigenvalue weighted by molar-refractivity contribution is 5.86. The molecule has 0 bridgehead atoms. The summed E-state index contributed by atoms with van der Waals surface area (Å²) in [6, 6.07) is 1.89. The second kappa shape index (κ2) is 4.31. The van der Waals surface area contributed by atoms with E-state index in [-0.39, 0.29) is 11.3 Å². The smallest absolute Gasteiger partial charge is 0.153 e. The average molecular weight is 234 g/mol. The Morgan fingerprint density at radius 2 is 2.12 bits per heavy atom. The maximum Gasteiger partial charge on any atom is 0.153 e. The van der Waals surface area contributed by atoms with Crippen molar-refractivity contribution < 1.29 is 4.79 Å². The van der Waals surface area contributed by atoms with Crippen molar-refractivity contribution >= 4 is 17.4 Å². The van der Waals surface area contributed by atoms with Crippen molar-refractivity contribution in [3.63, 3.8) is 0 Å². The van der Waals surface area contributed by atoms with E-state index in [0.717, 1.165) is 18.2 Å². The topological polar surface area (TPSA) is 58.1 Å². The Labute approximate surface area is 101 Å². The third-order valence-corrected chi connectivity index (χ3v) is 2.51. The van der Waals surface area contributed by atoms with Crippen molar-refractivity contribution in [3.8, 4) is 0 Å². The van der Waals surface area contributed by atoms with Gasteiger partial charge in [0.05, 0.1) is 6.54 Å². The van der Waals surface area contributed by atoms with Crippen LogP contribution >= 0.6 is 0 Å². The summed E-state index contributed by atoms with van der Waals surface area (Å²) in [7, 11) is 0. The summed E-state index contributed by atoms with van der Waals surface area (Å²) < 4.78 is 0. The van der Waals surface area contributed by atoms with Gasteiger partial charge in [-0.05, 0) is 20.8 Å². The molecule has 1 aliphatic rings. The fourth-order valence-electron chi connectivity index (χ4n) is 1.80. The molecule has 1 aliphatic heterocycles. The number of hydrogen-bond donors (Lipinski definition) is 1. The number of nitrogens with zero attached hydrogens (tertiary/aromatic N) is 3. The Balaban J connectivity index is 2.14. The summed E-state index contributed by atoms with van der Waals surface area (Å²) in [5.74, 6) is 1.88. The summed E-state index contributed by atoms with van der Waals surface area (Å²) in [5, 5.41) is 3.29. The molecule has 5 heteroatoms. The summed E-state index contributed by atoms with van der Waals surface area (Å²) in [6.07, 6.45) is 2.15. The number of carbonyl (C=O) groups excluding carboxylic acids is 1. The van der Waals surface area contributed by atoms with Crippen LogP contribution in [0, 0.1) is 0 Å². The minimum absolute atomic E-state index is 0.0353. The minimum atomic E-state index is -0.0353. The molecule has 2 heterocycles. The predicted molar refractivity (Wildman–Crippen MR) is 67.2 cm³/mol. The number of ketones is 1. The van der Waals surface area contributed by atoms with Crippen LogP contribution < -0.4 is 10.2 Å². The Hall–Kier alpha value is -1.65. The number of hydrogen-bond acceptors (Lipinski definition) is 5. The zero-order valence-electron chi connectivity index (χ0n) is 10.5. The summed E-state index contributed by atoms with van der Waals surface area (Å²) in [5.41, 5.74) is -0.0353. The van der Waals surface area contributed by atoms with Gasteiger partial charge in [-0.1, -0.05) is 0 Å². The van der Waals surface area contributed by atoms with Gasteiger partial charge in [0.25, 0.3) is 0 Å². The van der Waals surface area contributed by atoms with Crippen LogP contribution in [0.5, 0.6) is 0 Å². The highest BCUT2D eigenvalue weighted by Crippen LogP contribution is 2.19. The van der Waals surface area contributed by atoms with Gasteiger partial charge in [0.15, 0.2) is 5.78 Å². The molecule has 1 aromatic heterocycles. The lowest BCUT2D eigenvalue weighted by atomic mass is 10.1. The van der Waals surface area contributed by atoms with Crippen LogP contribution in [0.4, 0.5) is 11.6 Å². The normalized spacial score (nSPS) is 16.4. The van der Waals surface area contributed by atoms with Crippen molar-refractivity contribution in [2.75, 3.05) is 23.3 Å². The standard InChI is InChI=1S/C12H18N4O/c1-12(2,3)15-10-6-11(14-8-13-10)16-5-4-9(17)7-16/h6,8H,4-5,7H2,1-3H3,(H,13,14,15). The van der Waals surface area contributed by atoms with Gasteiger partial charge in [-0.25, -0.2) is 9.97 Å². The number of Topliss-reactive ketones (excluding diaryl/α,β-unsaturated/α-hetero) is 1. The van der Waals surface area contributed by atoms with Gasteiger partial charge in [-0.15, -0.1) is 0 Å². The van der Waals surface area contributed by atoms with Crippen molar-refractivity contribution in [1.29, 1.82) is 0 Å². The summed E-state index contributed by atoms with van der Waals surface area (Å²) >= 11 is 0. The molecule has 0 spiro atoms. The first-order chi connectivity index (χ1) is 7.94. The van der Waals surface area contributed by atoms with E-state index < -0.39 is 0 Å². The third-order valence-electron chi connectivity index (χ3n) is 2.51. The fourth-order valence-corrected chi connectivity index (χ4v) is 1.80. The Bertz CT molecular complexity index is 425. The first-order valence-corrected chi connectivity index (χ1v) is 5.81. The molecule has 1 saturated heterocycles. The second-order valence-electron chi connectivity index (χ2n) is 5.35. The van der Waals surface area contributed by atoms with Gasteiger partial charge >= 0.3 is 0 Å². The molecular weight excluding hydrogens is 216 g/mol. The molecule has 1 N–H and O–H groups in total. The van der Waals surface area contributed by atoms with E-state index in [9.17, 15) is 4.79 Å². The van der Waals surface area contributed by atoms with E-state index in [4.69, 9.17) is 0 Å². The van der Waals surface area contributed by atoms with E-state index in [1.807, 2.05) is 11.0 Å². The van der Waals surface area contributed by atoms with E-state index in [0.29, 0.717) is 13.0 Å². The monoisotopic (exact) mass is 234 g/mol. The van der Waals surface area contributed by atoms with Crippen LogP contribution in [0.25, 0.3) is 0 Å². The van der Waals surface area contributed by atoms with Crippen LogP contribution in [-0.4, -0.2) is 34.4 Å². The molecular formula is C12H18N4O. The Kier molecular flexibility index (Phi) is 3.00. The maximum absolute atomic E-state index is 11.2. The predicted octanol–water partition coefficient (Wildman–Crippen LogP) is 1.47. The lowest BCUT2D eigenvalue weighted by molar-refractivity contribution is -0.116. The number of nitrogens with one attached hydrogen (secondary N) is 1. The molecule has 17 heavy (non-hydrogen) atoms. The van der Waals surface area contributed by atoms with Gasteiger partial charge in [0.1, 0.15) is 18.0 Å². The van der Waals surface area contributed by atoms with Crippen molar-refractivity contribution in [2.24, 2.45) is 0 Å². The first kappa shape index (κ1) is 11.8. The van der Waals surface area contributed by atoms with Gasteiger partial charge < -0.3 is 10.2 Å². The zero-order chi connectivity index (χ0) is 12.5. The van der Waals surface area contributed by atoms with Crippen LogP contribution in [0.2, 0.25) is 0 Å². The molecule has 0 saturated carbocycles. The molecule has 5 nitrogen and oxygen atoms in total. The van der Waals surface area contributed by atoms with Crippen molar-refractivity contribution in [2.45, 2.75) is 32.7 Å². The number of aromatic nitrogens is 2. The molecule has 0 atom stereocenters. The van der Waals surface area contributed by atoms with Gasteiger partial charge in [0.2, 0.25) is 0 Å². The summed E-state index contributed by atoms with van der Waals surface area (Å²) in [4.78, 5) is 21.6. The molecule has 1 aromatic rings. The SMILES string of the molecule is CC(C)(C)Nc1cc(N2CCC(=O)C2)ncn1. The minimum Gasteiger partial charge on any atom is -0.365 e. The number of carbonyl (C=O) groups is 1. The van der Waals surface area contributed by atoms with Gasteiger partial charge in [-0.3, -0.25) is 4.79 Å². The fraction of sp³-hybridized carbons (Fsp3) is 0.583. The molecule has 0 amide bonds. The zero-order valence-corrected chi connectivity index (χ0v) is 10.5. The average Bonchev–Trinajstić information content (AvgIpc) is 2.63. The molecule has 0 aromatic carbocycles. The number of anilines is 2. The largest absolute Gasteiger partial charge is 0.365 e. The molecule has 0 unspecified atom stereocenters. The van der Waals surface area contributed by atoms with E-state index >= 15 is 0 Å². The molecule has 92 valence electrons. The van der Waals surface area contributed by atoms with Gasteiger partial charge in [-0.2, -0.15) is 0 Å². The Morgan fingerprint density at radius 3 is 2.71 bits per heavy atom. The van der Waals surface area contributed by atoms with Crippen molar-refractivity contribution in [1.82, 2.24) is 9.97 Å². The lowest BCUT2D eigenvalue weighted by Crippen LogP contribution is -2.27. The summed E-state index contributed by atoms with van der Waals surface area (Å²) in [6.45, 7) is 7.45. The van der Waals surface area contributed by atoms with Crippen LogP contribution in [0.15, 0.2) is 12.4 Å². The molecule has 0 aliphatic carbocycles. The van der Waals surface area contributed by atoms with E-state index in [1.54, 1.807) is 0 Å². The highest BCUT2D eigenvalue weighted by atomic mass is 16.1. The lowest BCUT2D eigenvalue weighted by Gasteiger charge is -2.22. The van der Waals surface area contributed by atoms with Crippen LogP contribution in [-0.2, 0) is 4.79 Å². The van der Waals surface area contributed by atoms with E-state index in [1.165, 1.54) is 6.33 Å². The quantitative estimate of drug-likeness (QED) is 0.839. The van der Waals surface area contributed by atoms with Gasteiger partial charge in [0, 0.05) is 24.6 Å². The Morgan fingerprint density at radius 1 is 1.35 bits per heavy atom. The molecule has 1 fully saturated rings. The van der Waals surface area contributed by atoms with Crippen LogP contribution in [0.1, 0.15) is 27.2 Å². The van der Waals surface area contributed by atoms with Crippen molar-refractivity contribution in [3.05, 3.63) is 12.4 Å². The van der Waals surface area contributed by atoms with E-state index in [2.05, 4.69) is 36.1 Å². The number of rotatable bonds is 2. The van der Waals surface area contributed by atoms with Crippen LogP contribution in [0.3, 0.4) is 0 Å². The maximum atomic E-state index is 11.2. The first-order valence-electron chi connectivity index (χ1n) is 5.81. The third kappa shape index (κ3) is 3.15. The highest BCUT2D eigenvalue weighted by Gasteiger charge is 2.21.